The van der Waals surface area contributed by atoms with E-state index in [4.69, 9.17) is 0 Å². The van der Waals surface area contributed by atoms with Crippen molar-refractivity contribution in [3.8, 4) is 0 Å². The van der Waals surface area contributed by atoms with Crippen LogP contribution in [0, 0.1) is 0 Å². The Morgan fingerprint density at radius 2 is 1.57 bits per heavy atom. The van der Waals surface area contributed by atoms with Crippen LogP contribution in [0.25, 0.3) is 0 Å². The zero-order valence-corrected chi connectivity index (χ0v) is 15.1. The Kier molecular flexibility index (Phi) is 5.16. The summed E-state index contributed by atoms with van der Waals surface area (Å²) in [5.41, 5.74) is 1.23. The number of halogens is 1. The molecule has 1 aliphatic heterocycles. The molecule has 0 spiro atoms. The second kappa shape index (κ2) is 7.13. The van der Waals surface area contributed by atoms with Crippen LogP contribution in [0.1, 0.15) is 5.56 Å². The number of rotatable bonds is 4. The summed E-state index contributed by atoms with van der Waals surface area (Å²) in [6.07, 6.45) is 0. The van der Waals surface area contributed by atoms with Crippen LogP contribution < -0.4 is 0 Å². The molecule has 0 aromatic heterocycles. The van der Waals surface area contributed by atoms with Crippen LogP contribution in [0.4, 0.5) is 0 Å². The SMILES string of the molecule is O=S(=O)(c1ccccc1)N1CCN(Cc2ccccc2)[C@H](Br)C1. The lowest BCUT2D eigenvalue weighted by Gasteiger charge is -2.38. The fourth-order valence-electron chi connectivity index (χ4n) is 2.71. The molecule has 23 heavy (non-hydrogen) atoms. The van der Waals surface area contributed by atoms with Crippen molar-refractivity contribution in [2.45, 2.75) is 16.4 Å². The molecule has 0 aliphatic carbocycles. The highest BCUT2D eigenvalue weighted by molar-refractivity contribution is 9.09. The van der Waals surface area contributed by atoms with Gasteiger partial charge in [-0.2, -0.15) is 4.31 Å². The molecular formula is C17H19BrN2O2S. The van der Waals surface area contributed by atoms with E-state index in [1.807, 2.05) is 24.3 Å². The number of nitrogens with zero attached hydrogens (tertiary/aromatic N) is 2. The number of hydrogen-bond donors (Lipinski definition) is 0. The highest BCUT2D eigenvalue weighted by Gasteiger charge is 2.32. The summed E-state index contributed by atoms with van der Waals surface area (Å²) in [5, 5.41) is 0. The van der Waals surface area contributed by atoms with Crippen molar-refractivity contribution in [1.29, 1.82) is 0 Å². The third-order valence-corrected chi connectivity index (χ3v) is 6.74. The zero-order valence-electron chi connectivity index (χ0n) is 12.7. The van der Waals surface area contributed by atoms with E-state index >= 15 is 0 Å². The highest BCUT2D eigenvalue weighted by atomic mass is 79.9. The smallest absolute Gasteiger partial charge is 0.243 e. The fourth-order valence-corrected chi connectivity index (χ4v) is 5.06. The van der Waals surface area contributed by atoms with E-state index in [2.05, 4.69) is 33.0 Å². The Morgan fingerprint density at radius 3 is 2.17 bits per heavy atom. The summed E-state index contributed by atoms with van der Waals surface area (Å²) in [5.74, 6) is 0. The van der Waals surface area contributed by atoms with Gasteiger partial charge in [0.05, 0.1) is 9.85 Å². The van der Waals surface area contributed by atoms with Crippen LogP contribution in [0.5, 0.6) is 0 Å². The van der Waals surface area contributed by atoms with Gasteiger partial charge in [0.2, 0.25) is 10.0 Å². The standard InChI is InChI=1S/C17H19BrN2O2S/c18-17-14-20(23(21,22)16-9-5-2-6-10-16)12-11-19(17)13-15-7-3-1-4-8-15/h1-10,17H,11-14H2/t17-/m0/s1. The Hall–Kier alpha value is -1.21. The molecule has 1 aliphatic rings. The van der Waals surface area contributed by atoms with Crippen molar-refractivity contribution in [1.82, 2.24) is 9.21 Å². The molecule has 0 bridgehead atoms. The molecule has 6 heteroatoms. The Morgan fingerprint density at radius 1 is 0.957 bits per heavy atom. The van der Waals surface area contributed by atoms with Gasteiger partial charge < -0.3 is 0 Å². The molecule has 0 saturated carbocycles. The molecule has 0 N–H and O–H groups in total. The van der Waals surface area contributed by atoms with Gasteiger partial charge in [-0.1, -0.05) is 64.5 Å². The van der Waals surface area contributed by atoms with Crippen molar-refractivity contribution >= 4 is 26.0 Å². The number of hydrogen-bond acceptors (Lipinski definition) is 3. The normalized spacial score (nSPS) is 20.5. The molecule has 1 atom stereocenters. The van der Waals surface area contributed by atoms with Crippen LogP contribution in [-0.4, -0.2) is 42.2 Å². The minimum atomic E-state index is -3.41. The summed E-state index contributed by atoms with van der Waals surface area (Å²) in [6.45, 7) is 2.48. The molecule has 122 valence electrons. The van der Waals surface area contributed by atoms with Crippen LogP contribution in [0.3, 0.4) is 0 Å². The van der Waals surface area contributed by atoms with E-state index in [1.165, 1.54) is 5.56 Å². The summed E-state index contributed by atoms with van der Waals surface area (Å²) in [7, 11) is -3.41. The van der Waals surface area contributed by atoms with Crippen molar-refractivity contribution in [3.63, 3.8) is 0 Å². The van der Waals surface area contributed by atoms with Gasteiger partial charge in [0.1, 0.15) is 0 Å². The predicted octanol–water partition coefficient (Wildman–Crippen LogP) is 2.91. The molecule has 0 radical (unpaired) electrons. The summed E-state index contributed by atoms with van der Waals surface area (Å²) in [6, 6.07) is 18.9. The van der Waals surface area contributed by atoms with Gasteiger partial charge in [0.25, 0.3) is 0 Å². The number of piperazine rings is 1. The van der Waals surface area contributed by atoms with E-state index in [0.29, 0.717) is 24.5 Å². The first kappa shape index (κ1) is 16.6. The number of sulfonamides is 1. The van der Waals surface area contributed by atoms with E-state index in [0.717, 1.165) is 6.54 Å². The Labute approximate surface area is 145 Å². The molecule has 0 amide bonds. The average molecular weight is 395 g/mol. The predicted molar refractivity (Wildman–Crippen MR) is 94.8 cm³/mol. The van der Waals surface area contributed by atoms with Crippen LogP contribution >= 0.6 is 15.9 Å². The van der Waals surface area contributed by atoms with Gasteiger partial charge in [-0.3, -0.25) is 4.90 Å². The molecular weight excluding hydrogens is 376 g/mol. The molecule has 4 nitrogen and oxygen atoms in total. The molecule has 1 saturated heterocycles. The second-order valence-corrected chi connectivity index (χ2v) is 8.56. The van der Waals surface area contributed by atoms with Crippen molar-refractivity contribution in [2.24, 2.45) is 0 Å². The monoisotopic (exact) mass is 394 g/mol. The topological polar surface area (TPSA) is 40.6 Å². The van der Waals surface area contributed by atoms with Gasteiger partial charge >= 0.3 is 0 Å². The Balaban J connectivity index is 1.69. The van der Waals surface area contributed by atoms with E-state index in [9.17, 15) is 8.42 Å². The lowest BCUT2D eigenvalue weighted by molar-refractivity contribution is 0.165. The van der Waals surface area contributed by atoms with Crippen molar-refractivity contribution in [3.05, 3.63) is 66.2 Å². The largest absolute Gasteiger partial charge is 0.284 e. The lowest BCUT2D eigenvalue weighted by Crippen LogP contribution is -2.51. The summed E-state index contributed by atoms with van der Waals surface area (Å²) in [4.78, 5) is 2.62. The van der Waals surface area contributed by atoms with Gasteiger partial charge in [0, 0.05) is 26.2 Å². The van der Waals surface area contributed by atoms with Crippen LogP contribution in [0.2, 0.25) is 0 Å². The molecule has 3 rings (SSSR count). The van der Waals surface area contributed by atoms with Gasteiger partial charge in [0.15, 0.2) is 0 Å². The summed E-state index contributed by atoms with van der Waals surface area (Å²) < 4.78 is 26.9. The maximum absolute atomic E-state index is 12.7. The highest BCUT2D eigenvalue weighted by Crippen LogP contribution is 2.23. The number of benzene rings is 2. The average Bonchev–Trinajstić information content (AvgIpc) is 2.58. The van der Waals surface area contributed by atoms with Gasteiger partial charge in [-0.05, 0) is 17.7 Å². The van der Waals surface area contributed by atoms with Crippen LogP contribution in [-0.2, 0) is 16.6 Å². The molecule has 2 aromatic carbocycles. The quantitative estimate of drug-likeness (QED) is 0.591. The maximum Gasteiger partial charge on any atom is 0.243 e. The fraction of sp³-hybridized carbons (Fsp3) is 0.294. The third kappa shape index (κ3) is 3.83. The summed E-state index contributed by atoms with van der Waals surface area (Å²) >= 11 is 3.64. The van der Waals surface area contributed by atoms with Gasteiger partial charge in [-0.15, -0.1) is 0 Å². The first-order valence-corrected chi connectivity index (χ1v) is 9.90. The lowest BCUT2D eigenvalue weighted by atomic mass is 10.2. The first-order chi connectivity index (χ1) is 11.1. The van der Waals surface area contributed by atoms with Gasteiger partial charge in [-0.25, -0.2) is 8.42 Å². The van der Waals surface area contributed by atoms with Crippen molar-refractivity contribution < 1.29 is 8.42 Å². The minimum Gasteiger partial charge on any atom is -0.284 e. The zero-order chi connectivity index (χ0) is 16.3. The molecule has 2 aromatic rings. The van der Waals surface area contributed by atoms with Crippen molar-refractivity contribution in [2.75, 3.05) is 19.6 Å². The molecule has 1 fully saturated rings. The molecule has 1 heterocycles. The maximum atomic E-state index is 12.7. The van der Waals surface area contributed by atoms with E-state index in [1.54, 1.807) is 28.6 Å². The van der Waals surface area contributed by atoms with E-state index < -0.39 is 10.0 Å². The first-order valence-electron chi connectivity index (χ1n) is 7.54. The third-order valence-electron chi connectivity index (χ3n) is 4.00. The molecule has 0 unspecified atom stereocenters. The van der Waals surface area contributed by atoms with E-state index in [-0.39, 0.29) is 4.95 Å². The minimum absolute atomic E-state index is 0.00921. The second-order valence-electron chi connectivity index (χ2n) is 5.57. The number of alkyl halides is 1. The Bertz CT molecular complexity index is 738. The van der Waals surface area contributed by atoms with Crippen LogP contribution in [0.15, 0.2) is 65.6 Å².